The van der Waals surface area contributed by atoms with Crippen LogP contribution >= 0.6 is 0 Å². The first-order valence-electron chi connectivity index (χ1n) is 6.88. The van der Waals surface area contributed by atoms with Crippen LogP contribution in [0.3, 0.4) is 0 Å². The van der Waals surface area contributed by atoms with E-state index in [1.807, 2.05) is 18.2 Å². The van der Waals surface area contributed by atoms with Gasteiger partial charge in [0.2, 0.25) is 0 Å². The summed E-state index contributed by atoms with van der Waals surface area (Å²) in [5.41, 5.74) is 1.16. The van der Waals surface area contributed by atoms with Gasteiger partial charge in [0.1, 0.15) is 6.29 Å². The van der Waals surface area contributed by atoms with Crippen LogP contribution in [0.4, 0.5) is 0 Å². The molecule has 1 unspecified atom stereocenters. The number of rotatable bonds is 9. The summed E-state index contributed by atoms with van der Waals surface area (Å²) in [5.74, 6) is 0.0994. The van der Waals surface area contributed by atoms with Gasteiger partial charge in [-0.25, -0.2) is 0 Å². The molecule has 0 bridgehead atoms. The van der Waals surface area contributed by atoms with Gasteiger partial charge in [-0.1, -0.05) is 75.8 Å². The van der Waals surface area contributed by atoms with E-state index in [1.165, 1.54) is 38.5 Å². The van der Waals surface area contributed by atoms with Crippen molar-refractivity contribution in [1.82, 2.24) is 0 Å². The lowest BCUT2D eigenvalue weighted by atomic mass is 9.94. The fourth-order valence-electron chi connectivity index (χ4n) is 2.16. The van der Waals surface area contributed by atoms with Gasteiger partial charge < -0.3 is 4.79 Å². The molecule has 1 atom stereocenters. The highest BCUT2D eigenvalue weighted by Gasteiger charge is 2.08. The van der Waals surface area contributed by atoms with Crippen LogP contribution in [0, 0.1) is 0 Å². The monoisotopic (exact) mass is 232 g/mol. The van der Waals surface area contributed by atoms with Gasteiger partial charge in [0.15, 0.2) is 0 Å². The molecule has 1 heteroatoms. The number of carbonyl (C=O) groups excluding carboxylic acids is 1. The van der Waals surface area contributed by atoms with Crippen molar-refractivity contribution in [3.8, 4) is 0 Å². The molecule has 0 heterocycles. The average molecular weight is 232 g/mol. The van der Waals surface area contributed by atoms with Gasteiger partial charge in [-0.15, -0.1) is 0 Å². The summed E-state index contributed by atoms with van der Waals surface area (Å²) < 4.78 is 0. The van der Waals surface area contributed by atoms with Crippen molar-refractivity contribution in [1.29, 1.82) is 0 Å². The maximum absolute atomic E-state index is 11.1. The number of aldehydes is 1. The van der Waals surface area contributed by atoms with Crippen molar-refractivity contribution in [3.05, 3.63) is 35.9 Å². The molecule has 0 aliphatic rings. The Hall–Kier alpha value is -1.11. The van der Waals surface area contributed by atoms with Gasteiger partial charge in [0.25, 0.3) is 0 Å². The van der Waals surface area contributed by atoms with Gasteiger partial charge in [0, 0.05) is 5.92 Å². The lowest BCUT2D eigenvalue weighted by molar-refractivity contribution is -0.109. The third-order valence-corrected chi connectivity index (χ3v) is 3.26. The van der Waals surface area contributed by atoms with E-state index in [-0.39, 0.29) is 5.92 Å². The van der Waals surface area contributed by atoms with Crippen LogP contribution in [0.1, 0.15) is 63.4 Å². The van der Waals surface area contributed by atoms with Gasteiger partial charge in [-0.2, -0.15) is 0 Å². The third-order valence-electron chi connectivity index (χ3n) is 3.26. The first-order valence-corrected chi connectivity index (χ1v) is 6.88. The molecule has 0 aromatic heterocycles. The fraction of sp³-hybridized carbons (Fsp3) is 0.562. The highest BCUT2D eigenvalue weighted by atomic mass is 16.1. The van der Waals surface area contributed by atoms with Crippen molar-refractivity contribution >= 4 is 6.29 Å². The van der Waals surface area contributed by atoms with E-state index in [2.05, 4.69) is 19.1 Å². The number of hydrogen-bond donors (Lipinski definition) is 0. The van der Waals surface area contributed by atoms with E-state index in [4.69, 9.17) is 0 Å². The Morgan fingerprint density at radius 2 is 1.65 bits per heavy atom. The van der Waals surface area contributed by atoms with Gasteiger partial charge in [0.05, 0.1) is 0 Å². The lowest BCUT2D eigenvalue weighted by Crippen LogP contribution is -2.00. The van der Waals surface area contributed by atoms with Crippen LogP contribution in [-0.4, -0.2) is 6.29 Å². The largest absolute Gasteiger partial charge is 0.303 e. The molecule has 0 radical (unpaired) electrons. The molecule has 1 aromatic carbocycles. The summed E-state index contributed by atoms with van der Waals surface area (Å²) in [7, 11) is 0. The Labute approximate surface area is 105 Å². The third kappa shape index (κ3) is 5.67. The molecule has 0 N–H and O–H groups in total. The summed E-state index contributed by atoms with van der Waals surface area (Å²) in [6.45, 7) is 2.23. The van der Waals surface area contributed by atoms with Crippen molar-refractivity contribution in [2.75, 3.05) is 0 Å². The SMILES string of the molecule is CCCCCCCCC(C=O)c1ccccc1. The summed E-state index contributed by atoms with van der Waals surface area (Å²) in [5, 5.41) is 0. The molecule has 1 nitrogen and oxygen atoms in total. The molecule has 1 rings (SSSR count). The van der Waals surface area contributed by atoms with E-state index >= 15 is 0 Å². The minimum Gasteiger partial charge on any atom is -0.303 e. The zero-order valence-electron chi connectivity index (χ0n) is 10.9. The zero-order chi connectivity index (χ0) is 12.3. The molecule has 0 aliphatic carbocycles. The van der Waals surface area contributed by atoms with Crippen molar-refractivity contribution in [2.45, 2.75) is 57.8 Å². The summed E-state index contributed by atoms with van der Waals surface area (Å²) in [4.78, 5) is 11.1. The second-order valence-corrected chi connectivity index (χ2v) is 4.71. The Balaban J connectivity index is 2.22. The maximum atomic E-state index is 11.1. The van der Waals surface area contributed by atoms with Gasteiger partial charge in [-0.3, -0.25) is 0 Å². The van der Waals surface area contributed by atoms with E-state index < -0.39 is 0 Å². The molecule has 0 amide bonds. The highest BCUT2D eigenvalue weighted by Crippen LogP contribution is 2.20. The van der Waals surface area contributed by atoms with Crippen LogP contribution in [0.5, 0.6) is 0 Å². The van der Waals surface area contributed by atoms with Crippen LogP contribution in [0.25, 0.3) is 0 Å². The van der Waals surface area contributed by atoms with E-state index in [1.54, 1.807) is 0 Å². The Bertz CT molecular complexity index is 292. The standard InChI is InChI=1S/C16H24O/c1-2-3-4-5-6-8-13-16(14-17)15-11-9-7-10-12-15/h7,9-12,14,16H,2-6,8,13H2,1H3. The minimum atomic E-state index is 0.0994. The first kappa shape index (κ1) is 14.0. The van der Waals surface area contributed by atoms with E-state index in [0.717, 1.165) is 18.3 Å². The summed E-state index contributed by atoms with van der Waals surface area (Å²) in [6, 6.07) is 10.1. The summed E-state index contributed by atoms with van der Waals surface area (Å²) in [6.07, 6.45) is 9.82. The van der Waals surface area contributed by atoms with Crippen molar-refractivity contribution < 1.29 is 4.79 Å². The van der Waals surface area contributed by atoms with Crippen LogP contribution in [-0.2, 0) is 4.79 Å². The summed E-state index contributed by atoms with van der Waals surface area (Å²) >= 11 is 0. The molecule has 0 saturated carbocycles. The number of benzene rings is 1. The molecule has 17 heavy (non-hydrogen) atoms. The number of hydrogen-bond acceptors (Lipinski definition) is 1. The van der Waals surface area contributed by atoms with Crippen LogP contribution in [0.15, 0.2) is 30.3 Å². The molecule has 94 valence electrons. The van der Waals surface area contributed by atoms with Gasteiger partial charge >= 0.3 is 0 Å². The molecule has 1 aromatic rings. The van der Waals surface area contributed by atoms with E-state index in [9.17, 15) is 4.79 Å². The number of unbranched alkanes of at least 4 members (excludes halogenated alkanes) is 5. The second kappa shape index (κ2) is 8.98. The molecular weight excluding hydrogens is 208 g/mol. The molecule has 0 saturated heterocycles. The Morgan fingerprint density at radius 3 is 2.29 bits per heavy atom. The first-order chi connectivity index (χ1) is 8.38. The number of carbonyl (C=O) groups is 1. The normalized spacial score (nSPS) is 12.3. The zero-order valence-corrected chi connectivity index (χ0v) is 10.9. The fourth-order valence-corrected chi connectivity index (χ4v) is 2.16. The molecular formula is C16H24O. The highest BCUT2D eigenvalue weighted by molar-refractivity contribution is 5.61. The molecule has 0 fully saturated rings. The predicted octanol–water partition coefficient (Wildman–Crippen LogP) is 4.72. The van der Waals surface area contributed by atoms with E-state index in [0.29, 0.717) is 0 Å². The minimum absolute atomic E-state index is 0.0994. The lowest BCUT2D eigenvalue weighted by Gasteiger charge is -2.10. The smallest absolute Gasteiger partial charge is 0.127 e. The Morgan fingerprint density at radius 1 is 1.00 bits per heavy atom. The Kier molecular flexibility index (Phi) is 7.37. The topological polar surface area (TPSA) is 17.1 Å². The quantitative estimate of drug-likeness (QED) is 0.445. The maximum Gasteiger partial charge on any atom is 0.127 e. The van der Waals surface area contributed by atoms with Crippen LogP contribution < -0.4 is 0 Å². The molecule has 0 spiro atoms. The second-order valence-electron chi connectivity index (χ2n) is 4.71. The van der Waals surface area contributed by atoms with Gasteiger partial charge in [-0.05, 0) is 12.0 Å². The van der Waals surface area contributed by atoms with Crippen molar-refractivity contribution in [3.63, 3.8) is 0 Å². The average Bonchev–Trinajstić information content (AvgIpc) is 2.39. The van der Waals surface area contributed by atoms with Crippen molar-refractivity contribution in [2.24, 2.45) is 0 Å². The van der Waals surface area contributed by atoms with Crippen LogP contribution in [0.2, 0.25) is 0 Å². The predicted molar refractivity (Wildman–Crippen MR) is 73.2 cm³/mol. The molecule has 0 aliphatic heterocycles.